The summed E-state index contributed by atoms with van der Waals surface area (Å²) in [5.41, 5.74) is 3.37. The Morgan fingerprint density at radius 1 is 0.829 bits per heavy atom. The van der Waals surface area contributed by atoms with Gasteiger partial charge < -0.3 is 4.74 Å². The summed E-state index contributed by atoms with van der Waals surface area (Å²) in [7, 11) is -3.78. The average molecular weight is 488 g/mol. The Hall–Kier alpha value is -4.34. The minimum Gasteiger partial charge on any atom is -0.423 e. The maximum absolute atomic E-state index is 12.6. The standard InChI is InChI=1S/C26H21N3O5S/c30-25(18-28-35(32,33)22-9-2-1-3-10-22)29-27-17-19-13-15-21(16-14-19)34-26(31)24-12-6-8-20-7-4-5-11-23(20)24/h1-17,28H,18H2,(H,29,30). The number of hydrogen-bond acceptors (Lipinski definition) is 6. The van der Waals surface area contributed by atoms with Gasteiger partial charge in [-0.25, -0.2) is 23.4 Å². The smallest absolute Gasteiger partial charge is 0.344 e. The number of esters is 1. The Morgan fingerprint density at radius 2 is 1.51 bits per heavy atom. The molecule has 35 heavy (non-hydrogen) atoms. The molecule has 0 aliphatic rings. The van der Waals surface area contributed by atoms with Crippen LogP contribution in [0.5, 0.6) is 5.75 Å². The Labute approximate surface area is 202 Å². The highest BCUT2D eigenvalue weighted by atomic mass is 32.2. The summed E-state index contributed by atoms with van der Waals surface area (Å²) in [5, 5.41) is 5.58. The van der Waals surface area contributed by atoms with E-state index >= 15 is 0 Å². The summed E-state index contributed by atoms with van der Waals surface area (Å²) in [5.74, 6) is -0.728. The second-order valence-corrected chi connectivity index (χ2v) is 9.18. The van der Waals surface area contributed by atoms with Gasteiger partial charge in [-0.3, -0.25) is 4.79 Å². The van der Waals surface area contributed by atoms with E-state index in [0.717, 1.165) is 10.8 Å². The lowest BCUT2D eigenvalue weighted by molar-refractivity contribution is -0.119. The quantitative estimate of drug-likeness (QED) is 0.171. The van der Waals surface area contributed by atoms with Crippen LogP contribution in [0.25, 0.3) is 10.8 Å². The van der Waals surface area contributed by atoms with Gasteiger partial charge in [0.15, 0.2) is 0 Å². The van der Waals surface area contributed by atoms with Gasteiger partial charge in [0, 0.05) is 0 Å². The van der Waals surface area contributed by atoms with Crippen LogP contribution in [0.15, 0.2) is 107 Å². The molecule has 176 valence electrons. The van der Waals surface area contributed by atoms with Crippen LogP contribution in [0.1, 0.15) is 15.9 Å². The van der Waals surface area contributed by atoms with Crippen LogP contribution < -0.4 is 14.9 Å². The Kier molecular flexibility index (Phi) is 7.30. The fraction of sp³-hybridized carbons (Fsp3) is 0.0385. The molecule has 0 saturated heterocycles. The number of hydrazone groups is 1. The number of carbonyl (C=O) groups is 2. The Balaban J connectivity index is 1.30. The van der Waals surface area contributed by atoms with E-state index in [1.807, 2.05) is 30.3 Å². The lowest BCUT2D eigenvalue weighted by atomic mass is 10.0. The lowest BCUT2D eigenvalue weighted by Gasteiger charge is -2.07. The number of rotatable bonds is 8. The van der Waals surface area contributed by atoms with Crippen molar-refractivity contribution in [3.8, 4) is 5.75 Å². The number of amides is 1. The molecule has 0 spiro atoms. The molecule has 0 fully saturated rings. The second-order valence-electron chi connectivity index (χ2n) is 7.42. The zero-order valence-corrected chi connectivity index (χ0v) is 19.2. The first-order valence-corrected chi connectivity index (χ1v) is 12.1. The molecule has 4 aromatic carbocycles. The van der Waals surface area contributed by atoms with Gasteiger partial charge in [-0.05, 0) is 58.8 Å². The lowest BCUT2D eigenvalue weighted by Crippen LogP contribution is -2.34. The number of nitrogens with zero attached hydrogens (tertiary/aromatic N) is 1. The van der Waals surface area contributed by atoms with E-state index in [0.29, 0.717) is 16.9 Å². The van der Waals surface area contributed by atoms with Crippen LogP contribution in [-0.2, 0) is 14.8 Å². The highest BCUT2D eigenvalue weighted by molar-refractivity contribution is 7.89. The van der Waals surface area contributed by atoms with Crippen molar-refractivity contribution in [1.82, 2.24) is 10.1 Å². The third kappa shape index (κ3) is 6.17. The third-order valence-corrected chi connectivity index (χ3v) is 6.40. The molecule has 0 aliphatic heterocycles. The summed E-state index contributed by atoms with van der Waals surface area (Å²) >= 11 is 0. The Bertz CT molecular complexity index is 1480. The van der Waals surface area contributed by atoms with E-state index in [1.54, 1.807) is 54.6 Å². The third-order valence-electron chi connectivity index (χ3n) is 4.98. The molecule has 1 amide bonds. The number of ether oxygens (including phenoxy) is 1. The van der Waals surface area contributed by atoms with Crippen molar-refractivity contribution in [2.45, 2.75) is 4.90 Å². The van der Waals surface area contributed by atoms with Gasteiger partial charge in [-0.1, -0.05) is 54.6 Å². The number of fused-ring (bicyclic) bond motifs is 1. The van der Waals surface area contributed by atoms with Gasteiger partial charge in [0.25, 0.3) is 5.91 Å². The van der Waals surface area contributed by atoms with Crippen LogP contribution >= 0.6 is 0 Å². The zero-order chi connectivity index (χ0) is 24.7. The summed E-state index contributed by atoms with van der Waals surface area (Å²) in [6.45, 7) is -0.461. The van der Waals surface area contributed by atoms with E-state index in [2.05, 4.69) is 15.2 Å². The van der Waals surface area contributed by atoms with Crippen molar-refractivity contribution in [3.63, 3.8) is 0 Å². The van der Waals surface area contributed by atoms with E-state index < -0.39 is 28.4 Å². The van der Waals surface area contributed by atoms with E-state index in [9.17, 15) is 18.0 Å². The zero-order valence-electron chi connectivity index (χ0n) is 18.4. The predicted octanol–water partition coefficient (Wildman–Crippen LogP) is 3.49. The van der Waals surface area contributed by atoms with E-state index in [1.165, 1.54) is 18.3 Å². The fourth-order valence-electron chi connectivity index (χ4n) is 3.25. The SMILES string of the molecule is O=C(CNS(=O)(=O)c1ccccc1)NN=Cc1ccc(OC(=O)c2cccc3ccccc23)cc1. The van der Waals surface area contributed by atoms with Crippen molar-refractivity contribution in [2.75, 3.05) is 6.54 Å². The predicted molar refractivity (Wildman–Crippen MR) is 133 cm³/mol. The Morgan fingerprint density at radius 3 is 2.29 bits per heavy atom. The molecule has 0 bridgehead atoms. The molecule has 4 aromatic rings. The highest BCUT2D eigenvalue weighted by Gasteiger charge is 2.15. The minimum absolute atomic E-state index is 0.0672. The fourth-order valence-corrected chi connectivity index (χ4v) is 4.25. The molecule has 0 aromatic heterocycles. The van der Waals surface area contributed by atoms with Crippen molar-refractivity contribution < 1.29 is 22.7 Å². The molecule has 9 heteroatoms. The van der Waals surface area contributed by atoms with Gasteiger partial charge in [0.1, 0.15) is 5.75 Å². The monoisotopic (exact) mass is 487 g/mol. The molecule has 0 atom stereocenters. The van der Waals surface area contributed by atoms with Gasteiger partial charge in [-0.15, -0.1) is 0 Å². The highest BCUT2D eigenvalue weighted by Crippen LogP contribution is 2.21. The summed E-state index contributed by atoms with van der Waals surface area (Å²) in [6, 6.07) is 27.3. The van der Waals surface area contributed by atoms with Crippen LogP contribution in [0.4, 0.5) is 0 Å². The van der Waals surface area contributed by atoms with Gasteiger partial charge >= 0.3 is 5.97 Å². The van der Waals surface area contributed by atoms with Crippen LogP contribution in [0.3, 0.4) is 0 Å². The van der Waals surface area contributed by atoms with Crippen molar-refractivity contribution in [2.24, 2.45) is 5.10 Å². The molecule has 0 heterocycles. The number of sulfonamides is 1. The second kappa shape index (κ2) is 10.7. The molecule has 0 radical (unpaired) electrons. The first kappa shape index (κ1) is 23.8. The molecule has 0 unspecified atom stereocenters. The van der Waals surface area contributed by atoms with E-state index in [-0.39, 0.29) is 4.90 Å². The topological polar surface area (TPSA) is 114 Å². The minimum atomic E-state index is -3.78. The molecule has 8 nitrogen and oxygen atoms in total. The molecular weight excluding hydrogens is 466 g/mol. The number of hydrogen-bond donors (Lipinski definition) is 2. The summed E-state index contributed by atoms with van der Waals surface area (Å²) < 4.78 is 32.0. The number of benzene rings is 4. The maximum atomic E-state index is 12.6. The molecule has 0 aliphatic carbocycles. The molecule has 0 saturated carbocycles. The first-order chi connectivity index (χ1) is 16.9. The van der Waals surface area contributed by atoms with Crippen LogP contribution in [0.2, 0.25) is 0 Å². The molecule has 4 rings (SSSR count). The number of carbonyl (C=O) groups excluding carboxylic acids is 2. The molecule has 2 N–H and O–H groups in total. The van der Waals surface area contributed by atoms with Crippen LogP contribution in [0, 0.1) is 0 Å². The van der Waals surface area contributed by atoms with Crippen molar-refractivity contribution in [1.29, 1.82) is 0 Å². The van der Waals surface area contributed by atoms with Gasteiger partial charge in [0.05, 0.1) is 23.2 Å². The average Bonchev–Trinajstić information content (AvgIpc) is 2.89. The van der Waals surface area contributed by atoms with Gasteiger partial charge in [-0.2, -0.15) is 5.10 Å². The largest absolute Gasteiger partial charge is 0.423 e. The first-order valence-electron chi connectivity index (χ1n) is 10.6. The summed E-state index contributed by atoms with van der Waals surface area (Å²) in [4.78, 5) is 24.6. The number of nitrogens with one attached hydrogen (secondary N) is 2. The van der Waals surface area contributed by atoms with Crippen LogP contribution in [-0.4, -0.2) is 33.1 Å². The van der Waals surface area contributed by atoms with Gasteiger partial charge in [0.2, 0.25) is 10.0 Å². The van der Waals surface area contributed by atoms with Crippen molar-refractivity contribution in [3.05, 3.63) is 108 Å². The van der Waals surface area contributed by atoms with E-state index in [4.69, 9.17) is 4.74 Å². The summed E-state index contributed by atoms with van der Waals surface area (Å²) in [6.07, 6.45) is 1.39. The molecular formula is C26H21N3O5S. The maximum Gasteiger partial charge on any atom is 0.344 e. The van der Waals surface area contributed by atoms with Crippen molar-refractivity contribution >= 4 is 38.9 Å². The normalized spacial score (nSPS) is 11.4.